The van der Waals surface area contributed by atoms with Crippen molar-refractivity contribution in [2.45, 2.75) is 0 Å². The van der Waals surface area contributed by atoms with E-state index in [0.29, 0.717) is 0 Å². The van der Waals surface area contributed by atoms with Crippen molar-refractivity contribution in [2.24, 2.45) is 0 Å². The van der Waals surface area contributed by atoms with Gasteiger partial charge in [0, 0.05) is 0 Å². The fourth-order valence-corrected chi connectivity index (χ4v) is 0.681. The molecule has 0 amide bonds. The first-order valence-corrected chi connectivity index (χ1v) is 2.91. The summed E-state index contributed by atoms with van der Waals surface area (Å²) in [5.41, 5.74) is 5.21. The van der Waals surface area contributed by atoms with Gasteiger partial charge in [-0.15, -0.1) is 0 Å². The Morgan fingerprint density at radius 2 is 2.08 bits per heavy atom. The molecule has 0 aliphatic heterocycles. The van der Waals surface area contributed by atoms with E-state index in [2.05, 4.69) is 0 Å². The molecule has 0 spiro atoms. The summed E-state index contributed by atoms with van der Waals surface area (Å²) in [6.45, 7) is 0. The largest absolute Gasteiger partial charge is 1.00 e. The van der Waals surface area contributed by atoms with E-state index in [1.807, 2.05) is 0 Å². The van der Waals surface area contributed by atoms with Crippen LogP contribution in [0.3, 0.4) is 0 Å². The van der Waals surface area contributed by atoms with Crippen molar-refractivity contribution in [3.63, 3.8) is 0 Å². The molecule has 0 unspecified atom stereocenters. The van der Waals surface area contributed by atoms with Crippen molar-refractivity contribution < 1.29 is 44.6 Å². The van der Waals surface area contributed by atoms with Crippen LogP contribution in [0.4, 0.5) is 5.69 Å². The molecule has 58 valence electrons. The standard InChI is InChI=1S/C7H7NO3.Na/c8-5-3-4(7(10)11)1-2-6(5)9;/h1-3,9H,8H2,(H,10,11);/q;+1/p-1. The summed E-state index contributed by atoms with van der Waals surface area (Å²) in [6, 6.07) is 3.58. The Bertz CT molecular complexity index is 301. The first kappa shape index (κ1) is 11.3. The summed E-state index contributed by atoms with van der Waals surface area (Å²) < 4.78 is 0. The fourth-order valence-electron chi connectivity index (χ4n) is 0.681. The van der Waals surface area contributed by atoms with Crippen LogP contribution in [-0.2, 0) is 0 Å². The minimum atomic E-state index is -1.31. The second kappa shape index (κ2) is 4.35. The molecule has 12 heavy (non-hydrogen) atoms. The van der Waals surface area contributed by atoms with E-state index < -0.39 is 5.97 Å². The third-order valence-corrected chi connectivity index (χ3v) is 1.26. The molecule has 1 aromatic rings. The average molecular weight is 175 g/mol. The summed E-state index contributed by atoms with van der Waals surface area (Å²) in [5, 5.41) is 19.1. The third-order valence-electron chi connectivity index (χ3n) is 1.26. The second-order valence-electron chi connectivity index (χ2n) is 2.06. The number of phenols is 1. The molecule has 1 rings (SSSR count). The molecule has 0 atom stereocenters. The second-order valence-corrected chi connectivity index (χ2v) is 2.06. The summed E-state index contributed by atoms with van der Waals surface area (Å²) in [6.07, 6.45) is 0. The first-order valence-electron chi connectivity index (χ1n) is 2.91. The van der Waals surface area contributed by atoms with Gasteiger partial charge in [-0.1, -0.05) is 0 Å². The van der Waals surface area contributed by atoms with Gasteiger partial charge >= 0.3 is 29.6 Å². The number of phenolic OH excluding ortho intramolecular Hbond substituents is 1. The molecule has 0 aromatic heterocycles. The molecular weight excluding hydrogens is 169 g/mol. The molecule has 1 aromatic carbocycles. The van der Waals surface area contributed by atoms with Crippen LogP contribution in [0.25, 0.3) is 0 Å². The molecular formula is C7H6NNaO3. The molecule has 0 aliphatic rings. The Balaban J connectivity index is 0.00000121. The third kappa shape index (κ3) is 2.41. The molecule has 0 aliphatic carbocycles. The van der Waals surface area contributed by atoms with Gasteiger partial charge in [0.15, 0.2) is 0 Å². The zero-order valence-corrected chi connectivity index (χ0v) is 8.57. The van der Waals surface area contributed by atoms with Gasteiger partial charge in [-0.05, 0) is 23.8 Å². The van der Waals surface area contributed by atoms with Gasteiger partial charge in [0.25, 0.3) is 0 Å². The Labute approximate surface area is 91.3 Å². The Kier molecular flexibility index (Phi) is 4.09. The van der Waals surface area contributed by atoms with Crippen LogP contribution < -0.4 is 40.4 Å². The van der Waals surface area contributed by atoms with Crippen LogP contribution in [0, 0.1) is 0 Å². The van der Waals surface area contributed by atoms with E-state index in [1.165, 1.54) is 12.1 Å². The molecule has 5 heteroatoms. The van der Waals surface area contributed by atoms with Gasteiger partial charge in [0.2, 0.25) is 0 Å². The van der Waals surface area contributed by atoms with Crippen molar-refractivity contribution in [3.8, 4) is 5.75 Å². The number of anilines is 1. The van der Waals surface area contributed by atoms with Crippen molar-refractivity contribution in [3.05, 3.63) is 23.8 Å². The smallest absolute Gasteiger partial charge is 0.545 e. The maximum absolute atomic E-state index is 10.2. The van der Waals surface area contributed by atoms with Crippen LogP contribution in [0.15, 0.2) is 18.2 Å². The number of nitrogen functional groups attached to an aromatic ring is 1. The topological polar surface area (TPSA) is 86.4 Å². The van der Waals surface area contributed by atoms with E-state index in [9.17, 15) is 9.90 Å². The predicted octanol–water partition coefficient (Wildman–Crippen LogP) is -3.66. The first-order chi connectivity index (χ1) is 5.11. The Morgan fingerprint density at radius 1 is 1.50 bits per heavy atom. The number of benzene rings is 1. The summed E-state index contributed by atoms with van der Waals surface area (Å²) in [4.78, 5) is 10.2. The van der Waals surface area contributed by atoms with Crippen molar-refractivity contribution in [1.82, 2.24) is 0 Å². The zero-order valence-electron chi connectivity index (χ0n) is 6.57. The average Bonchev–Trinajstić information content (AvgIpc) is 1.94. The molecule has 0 fully saturated rings. The number of carbonyl (C=O) groups is 1. The molecule has 3 N–H and O–H groups in total. The molecule has 0 saturated heterocycles. The quantitative estimate of drug-likeness (QED) is 0.262. The number of hydrogen-bond donors (Lipinski definition) is 2. The summed E-state index contributed by atoms with van der Waals surface area (Å²) in [7, 11) is 0. The Hall–Kier alpha value is -0.710. The van der Waals surface area contributed by atoms with Crippen LogP contribution in [0.1, 0.15) is 10.4 Å². The number of aromatic carboxylic acids is 1. The van der Waals surface area contributed by atoms with Gasteiger partial charge < -0.3 is 20.7 Å². The number of hydrogen-bond acceptors (Lipinski definition) is 4. The van der Waals surface area contributed by atoms with Gasteiger partial charge in [-0.25, -0.2) is 0 Å². The van der Waals surface area contributed by atoms with Gasteiger partial charge in [-0.3, -0.25) is 0 Å². The molecule has 0 saturated carbocycles. The minimum Gasteiger partial charge on any atom is -0.545 e. The minimum absolute atomic E-state index is 0. The number of carbonyl (C=O) groups excluding carboxylic acids is 1. The van der Waals surface area contributed by atoms with E-state index >= 15 is 0 Å². The van der Waals surface area contributed by atoms with Crippen molar-refractivity contribution in [2.75, 3.05) is 5.73 Å². The van der Waals surface area contributed by atoms with E-state index in [-0.39, 0.29) is 46.6 Å². The van der Waals surface area contributed by atoms with Crippen LogP contribution >= 0.6 is 0 Å². The van der Waals surface area contributed by atoms with Crippen LogP contribution in [0.5, 0.6) is 5.75 Å². The number of carboxylic acids is 1. The van der Waals surface area contributed by atoms with E-state index in [0.717, 1.165) is 6.07 Å². The normalized spacial score (nSPS) is 8.67. The zero-order chi connectivity index (χ0) is 8.43. The fraction of sp³-hybridized carbons (Fsp3) is 0. The maximum atomic E-state index is 10.2. The number of aromatic hydroxyl groups is 1. The van der Waals surface area contributed by atoms with Crippen molar-refractivity contribution in [1.29, 1.82) is 0 Å². The number of carboxylic acid groups (broad SMARTS) is 1. The predicted molar refractivity (Wildman–Crippen MR) is 36.8 cm³/mol. The summed E-state index contributed by atoms with van der Waals surface area (Å²) >= 11 is 0. The van der Waals surface area contributed by atoms with E-state index in [1.54, 1.807) is 0 Å². The van der Waals surface area contributed by atoms with Crippen LogP contribution in [0.2, 0.25) is 0 Å². The number of nitrogens with two attached hydrogens (primary N) is 1. The van der Waals surface area contributed by atoms with Gasteiger partial charge in [-0.2, -0.15) is 0 Å². The van der Waals surface area contributed by atoms with E-state index in [4.69, 9.17) is 10.8 Å². The van der Waals surface area contributed by atoms with Crippen LogP contribution in [-0.4, -0.2) is 11.1 Å². The molecule has 0 radical (unpaired) electrons. The van der Waals surface area contributed by atoms with Gasteiger partial charge in [0.1, 0.15) is 5.75 Å². The monoisotopic (exact) mass is 175 g/mol. The summed E-state index contributed by atoms with van der Waals surface area (Å²) in [5.74, 6) is -1.44. The number of rotatable bonds is 1. The molecule has 0 heterocycles. The Morgan fingerprint density at radius 3 is 2.50 bits per heavy atom. The SMILES string of the molecule is Nc1cc(C(=O)[O-])ccc1O.[Na+]. The molecule has 4 nitrogen and oxygen atoms in total. The van der Waals surface area contributed by atoms with Crippen molar-refractivity contribution >= 4 is 11.7 Å². The maximum Gasteiger partial charge on any atom is 1.00 e. The van der Waals surface area contributed by atoms with Gasteiger partial charge in [0.05, 0.1) is 11.7 Å². The molecule has 0 bridgehead atoms.